The fourth-order valence-electron chi connectivity index (χ4n) is 1.34. The van der Waals surface area contributed by atoms with Gasteiger partial charge in [0.15, 0.2) is 0 Å². The van der Waals surface area contributed by atoms with Crippen molar-refractivity contribution in [3.05, 3.63) is 34.9 Å². The standard InChI is InChI=1S/C11H8ClFN2O3/c12-6-1-2-8(13)7(5-6)11-15-14-9(18-11)3-4-10(16)17/h1-2,5H,3-4H2,(H,16,17). The smallest absolute Gasteiger partial charge is 0.303 e. The molecule has 7 heteroatoms. The highest BCUT2D eigenvalue weighted by Crippen LogP contribution is 2.25. The molecule has 94 valence electrons. The minimum atomic E-state index is -0.969. The van der Waals surface area contributed by atoms with Crippen molar-refractivity contribution in [2.24, 2.45) is 0 Å². The zero-order chi connectivity index (χ0) is 13.1. The highest BCUT2D eigenvalue weighted by atomic mass is 35.5. The Labute approximate surface area is 106 Å². The SMILES string of the molecule is O=C(O)CCc1nnc(-c2cc(Cl)ccc2F)o1. The molecule has 0 saturated heterocycles. The van der Waals surface area contributed by atoms with Gasteiger partial charge in [-0.25, -0.2) is 4.39 Å². The van der Waals surface area contributed by atoms with Crippen molar-refractivity contribution in [1.82, 2.24) is 10.2 Å². The largest absolute Gasteiger partial charge is 0.481 e. The van der Waals surface area contributed by atoms with Gasteiger partial charge in [0.1, 0.15) is 5.82 Å². The maximum absolute atomic E-state index is 13.5. The lowest BCUT2D eigenvalue weighted by molar-refractivity contribution is -0.137. The van der Waals surface area contributed by atoms with Crippen molar-refractivity contribution >= 4 is 17.6 Å². The first-order valence-corrected chi connectivity index (χ1v) is 5.43. The first-order chi connectivity index (χ1) is 8.56. The lowest BCUT2D eigenvalue weighted by Gasteiger charge is -1.97. The Balaban J connectivity index is 2.23. The van der Waals surface area contributed by atoms with E-state index in [-0.39, 0.29) is 30.2 Å². The fraction of sp³-hybridized carbons (Fsp3) is 0.182. The van der Waals surface area contributed by atoms with Crippen LogP contribution in [0.15, 0.2) is 22.6 Å². The molecule has 0 saturated carbocycles. The van der Waals surface area contributed by atoms with Gasteiger partial charge in [-0.2, -0.15) is 0 Å². The number of hydrogen-bond donors (Lipinski definition) is 1. The van der Waals surface area contributed by atoms with Gasteiger partial charge in [-0.3, -0.25) is 4.79 Å². The van der Waals surface area contributed by atoms with E-state index < -0.39 is 11.8 Å². The number of nitrogens with zero attached hydrogens (tertiary/aromatic N) is 2. The molecule has 1 N–H and O–H groups in total. The maximum Gasteiger partial charge on any atom is 0.303 e. The molecule has 0 aliphatic rings. The van der Waals surface area contributed by atoms with E-state index >= 15 is 0 Å². The van der Waals surface area contributed by atoms with Gasteiger partial charge in [0.05, 0.1) is 12.0 Å². The van der Waals surface area contributed by atoms with Crippen molar-refractivity contribution in [2.75, 3.05) is 0 Å². The summed E-state index contributed by atoms with van der Waals surface area (Å²) in [5, 5.41) is 16.2. The zero-order valence-electron chi connectivity index (χ0n) is 9.06. The summed E-state index contributed by atoms with van der Waals surface area (Å²) in [7, 11) is 0. The third-order valence-corrected chi connectivity index (χ3v) is 2.41. The van der Waals surface area contributed by atoms with Gasteiger partial charge >= 0.3 is 5.97 Å². The van der Waals surface area contributed by atoms with Crippen LogP contribution >= 0.6 is 11.6 Å². The van der Waals surface area contributed by atoms with Crippen molar-refractivity contribution < 1.29 is 18.7 Å². The monoisotopic (exact) mass is 270 g/mol. The molecule has 18 heavy (non-hydrogen) atoms. The normalized spacial score (nSPS) is 10.6. The first-order valence-electron chi connectivity index (χ1n) is 5.06. The molecule has 0 atom stereocenters. The van der Waals surface area contributed by atoms with E-state index in [1.165, 1.54) is 18.2 Å². The topological polar surface area (TPSA) is 76.2 Å². The van der Waals surface area contributed by atoms with Crippen LogP contribution < -0.4 is 0 Å². The van der Waals surface area contributed by atoms with E-state index in [9.17, 15) is 9.18 Å². The fourth-order valence-corrected chi connectivity index (χ4v) is 1.51. The zero-order valence-corrected chi connectivity index (χ0v) is 9.82. The molecule has 0 unspecified atom stereocenters. The summed E-state index contributed by atoms with van der Waals surface area (Å²) < 4.78 is 18.7. The van der Waals surface area contributed by atoms with Crippen molar-refractivity contribution in [1.29, 1.82) is 0 Å². The predicted molar refractivity (Wildman–Crippen MR) is 60.7 cm³/mol. The van der Waals surface area contributed by atoms with E-state index in [1.54, 1.807) is 0 Å². The molecule has 1 heterocycles. The number of halogens is 2. The van der Waals surface area contributed by atoms with E-state index in [4.69, 9.17) is 21.1 Å². The molecule has 0 bridgehead atoms. The van der Waals surface area contributed by atoms with Crippen LogP contribution in [-0.2, 0) is 11.2 Å². The van der Waals surface area contributed by atoms with E-state index in [0.717, 1.165) is 0 Å². The molecule has 0 aliphatic carbocycles. The average molecular weight is 271 g/mol. The quantitative estimate of drug-likeness (QED) is 0.924. The van der Waals surface area contributed by atoms with Crippen LogP contribution in [-0.4, -0.2) is 21.3 Å². The van der Waals surface area contributed by atoms with Crippen LogP contribution in [0.4, 0.5) is 4.39 Å². The first kappa shape index (κ1) is 12.5. The molecule has 5 nitrogen and oxygen atoms in total. The van der Waals surface area contributed by atoms with Gasteiger partial charge < -0.3 is 9.52 Å². The third-order valence-electron chi connectivity index (χ3n) is 2.18. The lowest BCUT2D eigenvalue weighted by Crippen LogP contribution is -1.97. The molecule has 0 amide bonds. The van der Waals surface area contributed by atoms with E-state index in [0.29, 0.717) is 5.02 Å². The van der Waals surface area contributed by atoms with Crippen LogP contribution in [0.1, 0.15) is 12.3 Å². The molecule has 2 aromatic rings. The second-order valence-electron chi connectivity index (χ2n) is 3.52. The molecule has 0 spiro atoms. The number of carboxylic acid groups (broad SMARTS) is 1. The number of carbonyl (C=O) groups is 1. The molecular weight excluding hydrogens is 263 g/mol. The van der Waals surface area contributed by atoms with Gasteiger partial charge in [0.2, 0.25) is 5.89 Å². The van der Waals surface area contributed by atoms with Crippen LogP contribution in [0, 0.1) is 5.82 Å². The molecular formula is C11H8ClFN2O3. The molecule has 0 aliphatic heterocycles. The maximum atomic E-state index is 13.5. The van der Waals surface area contributed by atoms with Gasteiger partial charge in [-0.05, 0) is 18.2 Å². The van der Waals surface area contributed by atoms with Crippen molar-refractivity contribution in [3.8, 4) is 11.5 Å². The van der Waals surface area contributed by atoms with E-state index in [2.05, 4.69) is 10.2 Å². The second kappa shape index (κ2) is 5.14. The average Bonchev–Trinajstić information content (AvgIpc) is 2.78. The molecule has 0 radical (unpaired) electrons. The predicted octanol–water partition coefficient (Wildman–Crippen LogP) is 2.55. The van der Waals surface area contributed by atoms with Crippen LogP contribution in [0.2, 0.25) is 5.02 Å². The molecule has 1 aromatic heterocycles. The summed E-state index contributed by atoms with van der Waals surface area (Å²) >= 11 is 5.74. The number of rotatable bonds is 4. The van der Waals surface area contributed by atoms with Gasteiger partial charge in [-0.1, -0.05) is 11.6 Å². The number of benzene rings is 1. The summed E-state index contributed by atoms with van der Waals surface area (Å²) in [6.07, 6.45) is -0.0236. The van der Waals surface area contributed by atoms with Gasteiger partial charge in [0, 0.05) is 11.4 Å². The molecule has 0 fully saturated rings. The molecule has 1 aromatic carbocycles. The minimum absolute atomic E-state index is 0.0182. The Bertz CT molecular complexity index is 585. The highest BCUT2D eigenvalue weighted by molar-refractivity contribution is 6.30. The van der Waals surface area contributed by atoms with Crippen molar-refractivity contribution in [2.45, 2.75) is 12.8 Å². The Kier molecular flexibility index (Phi) is 3.57. The molecule has 2 rings (SSSR count). The van der Waals surface area contributed by atoms with Crippen LogP contribution in [0.25, 0.3) is 11.5 Å². The summed E-state index contributed by atoms with van der Waals surface area (Å²) in [5.74, 6) is -1.38. The minimum Gasteiger partial charge on any atom is -0.481 e. The van der Waals surface area contributed by atoms with E-state index in [1.807, 2.05) is 0 Å². The summed E-state index contributed by atoms with van der Waals surface area (Å²) in [5.41, 5.74) is 0.0941. The Morgan fingerprint density at radius 1 is 1.44 bits per heavy atom. The lowest BCUT2D eigenvalue weighted by atomic mass is 10.2. The van der Waals surface area contributed by atoms with Crippen LogP contribution in [0.3, 0.4) is 0 Å². The summed E-state index contributed by atoms with van der Waals surface area (Å²) in [6, 6.07) is 3.96. The highest BCUT2D eigenvalue weighted by Gasteiger charge is 2.14. The Morgan fingerprint density at radius 2 is 2.22 bits per heavy atom. The Morgan fingerprint density at radius 3 is 2.94 bits per heavy atom. The number of hydrogen-bond acceptors (Lipinski definition) is 4. The van der Waals surface area contributed by atoms with Crippen molar-refractivity contribution in [3.63, 3.8) is 0 Å². The summed E-state index contributed by atoms with van der Waals surface area (Å²) in [6.45, 7) is 0. The Hall–Kier alpha value is -1.95. The van der Waals surface area contributed by atoms with Gasteiger partial charge in [-0.15, -0.1) is 10.2 Å². The second-order valence-corrected chi connectivity index (χ2v) is 3.96. The number of aliphatic carboxylic acids is 1. The van der Waals surface area contributed by atoms with Crippen LogP contribution in [0.5, 0.6) is 0 Å². The third kappa shape index (κ3) is 2.84. The number of aryl methyl sites for hydroxylation is 1. The van der Waals surface area contributed by atoms with Gasteiger partial charge in [0.25, 0.3) is 5.89 Å². The number of carboxylic acids is 1. The summed E-state index contributed by atoms with van der Waals surface area (Å²) in [4.78, 5) is 10.4. The number of aromatic nitrogens is 2.